The lowest BCUT2D eigenvalue weighted by atomic mass is 10.1. The fourth-order valence-corrected chi connectivity index (χ4v) is 1.09. The number of carbonyl (C=O) groups excluding carboxylic acids is 1. The first-order valence-electron chi connectivity index (χ1n) is 6.17. The molecule has 0 unspecified atom stereocenters. The number of carboxylic acid groups (broad SMARTS) is 2. The average Bonchev–Trinajstić information content (AvgIpc) is 2.48. The van der Waals surface area contributed by atoms with E-state index in [0.29, 0.717) is 13.2 Å². The second-order valence-electron chi connectivity index (χ2n) is 3.62. The first-order valence-corrected chi connectivity index (χ1v) is 6.17. The minimum Gasteiger partial charge on any atom is -0.478 e. The Labute approximate surface area is 131 Å². The average molecular weight is 332 g/mol. The van der Waals surface area contributed by atoms with Crippen LogP contribution in [0.4, 0.5) is 4.79 Å². The third-order valence-electron chi connectivity index (χ3n) is 1.86. The molecule has 1 rings (SSSR count). The van der Waals surface area contributed by atoms with Gasteiger partial charge in [-0.15, -0.1) is 0 Å². The Morgan fingerprint density at radius 2 is 1.17 bits per heavy atom. The normalized spacial score (nSPS) is 8.78. The molecular weight excluding hydrogens is 312 g/mol. The monoisotopic (exact) mass is 332 g/mol. The lowest BCUT2D eigenvalue weighted by Crippen LogP contribution is -2.18. The highest BCUT2D eigenvalue weighted by atomic mass is 16.5. The second kappa shape index (κ2) is 14.3. The summed E-state index contributed by atoms with van der Waals surface area (Å²) < 4.78 is 4.63. The summed E-state index contributed by atoms with van der Waals surface area (Å²) in [5.74, 6) is -2.46. The first-order chi connectivity index (χ1) is 10.8. The van der Waals surface area contributed by atoms with Gasteiger partial charge in [0.05, 0.1) is 37.6 Å². The smallest absolute Gasteiger partial charge is 0.336 e. The van der Waals surface area contributed by atoms with E-state index in [1.54, 1.807) is 0 Å². The molecule has 0 aliphatic rings. The lowest BCUT2D eigenvalue weighted by molar-refractivity contribution is 0.0650. The predicted molar refractivity (Wildman–Crippen MR) is 79.1 cm³/mol. The summed E-state index contributed by atoms with van der Waals surface area (Å²) in [5, 5.41) is 33.3. The summed E-state index contributed by atoms with van der Waals surface area (Å²) >= 11 is 0. The maximum absolute atomic E-state index is 10.5. The van der Waals surface area contributed by atoms with Gasteiger partial charge >= 0.3 is 18.0 Å². The van der Waals surface area contributed by atoms with E-state index in [-0.39, 0.29) is 24.3 Å². The van der Waals surface area contributed by atoms with E-state index in [9.17, 15) is 9.59 Å². The van der Waals surface area contributed by atoms with Crippen molar-refractivity contribution in [1.82, 2.24) is 0 Å². The van der Waals surface area contributed by atoms with Crippen molar-refractivity contribution in [3.05, 3.63) is 35.4 Å². The number of amides is 2. The molecule has 23 heavy (non-hydrogen) atoms. The Hall–Kier alpha value is -2.69. The molecule has 1 aromatic rings. The van der Waals surface area contributed by atoms with Gasteiger partial charge in [0.1, 0.15) is 0 Å². The molecule has 0 aliphatic carbocycles. The molecule has 8 N–H and O–H groups in total. The first kappa shape index (κ1) is 22.6. The van der Waals surface area contributed by atoms with Gasteiger partial charge in [0, 0.05) is 0 Å². The minimum absolute atomic E-state index is 0.0278. The van der Waals surface area contributed by atoms with Crippen LogP contribution in [0.2, 0.25) is 0 Å². The Bertz CT molecular complexity index is 452. The maximum atomic E-state index is 10.5. The van der Waals surface area contributed by atoms with Gasteiger partial charge in [0.25, 0.3) is 0 Å². The molecule has 0 bridgehead atoms. The van der Waals surface area contributed by atoms with Crippen LogP contribution in [-0.2, 0) is 4.74 Å². The van der Waals surface area contributed by atoms with Crippen LogP contribution >= 0.6 is 0 Å². The van der Waals surface area contributed by atoms with Gasteiger partial charge in [-0.2, -0.15) is 0 Å². The number of carbonyl (C=O) groups is 3. The topological polar surface area (TPSA) is 193 Å². The van der Waals surface area contributed by atoms with Crippen LogP contribution in [0.3, 0.4) is 0 Å². The van der Waals surface area contributed by atoms with Crippen LogP contribution < -0.4 is 11.5 Å². The largest absolute Gasteiger partial charge is 0.478 e. The summed E-state index contributed by atoms with van der Waals surface area (Å²) in [6, 6.07) is 4.64. The van der Waals surface area contributed by atoms with E-state index < -0.39 is 18.0 Å². The van der Waals surface area contributed by atoms with E-state index in [1.807, 2.05) is 0 Å². The van der Waals surface area contributed by atoms with E-state index in [4.69, 9.17) is 25.2 Å². The summed E-state index contributed by atoms with van der Waals surface area (Å²) in [6.45, 7) is 0.696. The number of ether oxygens (including phenoxy) is 1. The lowest BCUT2D eigenvalue weighted by Gasteiger charge is -1.98. The number of aromatic carboxylic acids is 2. The number of urea groups is 1. The molecule has 1 aromatic carbocycles. The number of nitrogens with two attached hydrogens (primary N) is 2. The molecule has 2 amide bonds. The Morgan fingerprint density at radius 3 is 1.39 bits per heavy atom. The standard InChI is InChI=1S/C8H6O4.C4H10O3.CH4N2O/c9-7(10)5-3-1-2-4-6(5)8(11)12;5-1-3-7-4-2-6;2-1(3)4/h1-4H,(H,9,10)(H,11,12);5-6H,1-4H2;(H4,2,3,4). The highest BCUT2D eigenvalue weighted by Crippen LogP contribution is 2.07. The summed E-state index contributed by atoms with van der Waals surface area (Å²) in [6.07, 6.45) is 0. The number of aliphatic hydroxyl groups excluding tert-OH is 2. The van der Waals surface area contributed by atoms with Crippen LogP contribution in [-0.4, -0.2) is 64.8 Å². The third-order valence-corrected chi connectivity index (χ3v) is 1.86. The highest BCUT2D eigenvalue weighted by molar-refractivity contribution is 6.01. The van der Waals surface area contributed by atoms with Crippen LogP contribution in [0.15, 0.2) is 24.3 Å². The molecule has 0 atom stereocenters. The Balaban J connectivity index is 0. The van der Waals surface area contributed by atoms with E-state index in [0.717, 1.165) is 0 Å². The van der Waals surface area contributed by atoms with Crippen molar-refractivity contribution >= 4 is 18.0 Å². The van der Waals surface area contributed by atoms with Gasteiger partial charge < -0.3 is 36.6 Å². The zero-order valence-electron chi connectivity index (χ0n) is 12.2. The number of benzene rings is 1. The van der Waals surface area contributed by atoms with Crippen molar-refractivity contribution in [1.29, 1.82) is 0 Å². The molecule has 0 aliphatic heterocycles. The number of carboxylic acids is 2. The summed E-state index contributed by atoms with van der Waals surface area (Å²) in [5.41, 5.74) is 8.12. The number of rotatable bonds is 6. The highest BCUT2D eigenvalue weighted by Gasteiger charge is 2.13. The van der Waals surface area contributed by atoms with Gasteiger partial charge in [-0.1, -0.05) is 12.1 Å². The van der Waals surface area contributed by atoms with E-state index in [1.165, 1.54) is 24.3 Å². The van der Waals surface area contributed by atoms with Crippen LogP contribution in [0.5, 0.6) is 0 Å². The van der Waals surface area contributed by atoms with Crippen LogP contribution in [0.25, 0.3) is 0 Å². The fourth-order valence-electron chi connectivity index (χ4n) is 1.09. The minimum atomic E-state index is -1.23. The molecular formula is C13H20N2O8. The number of hydrogen-bond donors (Lipinski definition) is 6. The number of primary amides is 2. The van der Waals surface area contributed by atoms with Crippen molar-refractivity contribution in [3.8, 4) is 0 Å². The zero-order valence-corrected chi connectivity index (χ0v) is 12.2. The summed E-state index contributed by atoms with van der Waals surface area (Å²) in [7, 11) is 0. The van der Waals surface area contributed by atoms with Crippen LogP contribution in [0.1, 0.15) is 20.7 Å². The van der Waals surface area contributed by atoms with Gasteiger partial charge in [0.2, 0.25) is 0 Å². The number of hydrogen-bond acceptors (Lipinski definition) is 6. The molecule has 0 radical (unpaired) electrons. The van der Waals surface area contributed by atoms with Crippen molar-refractivity contribution in [2.75, 3.05) is 26.4 Å². The second-order valence-corrected chi connectivity index (χ2v) is 3.62. The molecule has 10 heteroatoms. The van der Waals surface area contributed by atoms with Crippen LogP contribution in [0, 0.1) is 0 Å². The fraction of sp³-hybridized carbons (Fsp3) is 0.308. The maximum Gasteiger partial charge on any atom is 0.336 e. The molecule has 10 nitrogen and oxygen atoms in total. The van der Waals surface area contributed by atoms with Crippen molar-refractivity contribution in [2.24, 2.45) is 11.5 Å². The van der Waals surface area contributed by atoms with E-state index >= 15 is 0 Å². The molecule has 0 heterocycles. The van der Waals surface area contributed by atoms with Crippen molar-refractivity contribution in [3.63, 3.8) is 0 Å². The third kappa shape index (κ3) is 14.0. The Kier molecular flexibility index (Phi) is 14.0. The Morgan fingerprint density at radius 1 is 0.870 bits per heavy atom. The molecule has 130 valence electrons. The molecule has 0 saturated carbocycles. The molecule has 0 spiro atoms. The van der Waals surface area contributed by atoms with Gasteiger partial charge in [-0.25, -0.2) is 14.4 Å². The molecule has 0 saturated heterocycles. The SMILES string of the molecule is NC(N)=O.O=C(O)c1ccccc1C(=O)O.OCCOCCO. The van der Waals surface area contributed by atoms with Crippen molar-refractivity contribution in [2.45, 2.75) is 0 Å². The molecule has 0 aromatic heterocycles. The van der Waals surface area contributed by atoms with E-state index in [2.05, 4.69) is 16.2 Å². The molecule has 0 fully saturated rings. The van der Waals surface area contributed by atoms with Gasteiger partial charge in [-0.05, 0) is 12.1 Å². The van der Waals surface area contributed by atoms with Crippen molar-refractivity contribution < 1.29 is 39.5 Å². The number of aliphatic hydroxyl groups is 2. The quantitative estimate of drug-likeness (QED) is 0.360. The zero-order chi connectivity index (χ0) is 18.3. The van der Waals surface area contributed by atoms with Gasteiger partial charge in [0.15, 0.2) is 0 Å². The van der Waals surface area contributed by atoms with Gasteiger partial charge in [-0.3, -0.25) is 0 Å². The predicted octanol–water partition coefficient (Wildman–Crippen LogP) is -0.906. The summed E-state index contributed by atoms with van der Waals surface area (Å²) in [4.78, 5) is 29.9.